The van der Waals surface area contributed by atoms with Gasteiger partial charge in [-0.05, 0) is 48.3 Å². The normalized spacial score (nSPS) is 15.9. The van der Waals surface area contributed by atoms with Crippen LogP contribution < -0.4 is 10.9 Å². The second-order valence-electron chi connectivity index (χ2n) is 6.78. The van der Waals surface area contributed by atoms with E-state index in [1.165, 1.54) is 16.2 Å². The number of nitrogens with one attached hydrogen (secondary N) is 1. The third-order valence-electron chi connectivity index (χ3n) is 5.18. The van der Waals surface area contributed by atoms with E-state index in [4.69, 9.17) is 4.42 Å². The summed E-state index contributed by atoms with van der Waals surface area (Å²) in [5, 5.41) is 14.0. The number of benzene rings is 1. The maximum absolute atomic E-state index is 12.7. The van der Waals surface area contributed by atoms with Crippen LogP contribution in [0.15, 0.2) is 39.5 Å². The Balaban J connectivity index is 1.67. The quantitative estimate of drug-likeness (QED) is 0.728. The second-order valence-corrected chi connectivity index (χ2v) is 7.88. The molecule has 3 aromatic rings. The first kappa shape index (κ1) is 17.5. The van der Waals surface area contributed by atoms with Gasteiger partial charge in [-0.2, -0.15) is 5.26 Å². The highest BCUT2D eigenvalue weighted by atomic mass is 32.1. The van der Waals surface area contributed by atoms with Crippen LogP contribution in [0.25, 0.3) is 10.8 Å². The molecule has 0 spiro atoms. The Morgan fingerprint density at radius 2 is 2.22 bits per heavy atom. The largest absolute Gasteiger partial charge is 0.417 e. The van der Waals surface area contributed by atoms with E-state index in [0.717, 1.165) is 31.2 Å². The lowest BCUT2D eigenvalue weighted by atomic mass is 9.86. The molecule has 5 nitrogen and oxygen atoms in total. The fraction of sp³-hybridized carbons (Fsp3) is 0.286. The van der Waals surface area contributed by atoms with Crippen molar-refractivity contribution in [1.29, 1.82) is 5.26 Å². The molecular weight excluding hydrogens is 360 g/mol. The molecule has 1 atom stereocenters. The summed E-state index contributed by atoms with van der Waals surface area (Å²) in [4.78, 5) is 26.0. The molecular formula is C21H18N2O3S. The first-order valence-electron chi connectivity index (χ1n) is 8.99. The summed E-state index contributed by atoms with van der Waals surface area (Å²) in [6.07, 6.45) is 4.01. The molecule has 1 aliphatic carbocycles. The van der Waals surface area contributed by atoms with Crippen LogP contribution in [0.1, 0.15) is 46.3 Å². The van der Waals surface area contributed by atoms with Crippen molar-refractivity contribution in [3.63, 3.8) is 0 Å². The number of hydrogen-bond donors (Lipinski definition) is 1. The Labute approximate surface area is 160 Å². The van der Waals surface area contributed by atoms with E-state index in [0.29, 0.717) is 27.3 Å². The Morgan fingerprint density at radius 3 is 3.00 bits per heavy atom. The molecule has 1 amide bonds. The molecule has 0 bridgehead atoms. The van der Waals surface area contributed by atoms with Crippen LogP contribution in [0.3, 0.4) is 0 Å². The Morgan fingerprint density at radius 1 is 1.41 bits per heavy atom. The van der Waals surface area contributed by atoms with Crippen LogP contribution in [0.2, 0.25) is 0 Å². The SMILES string of the molecule is CC[C@@H]1CCc2c(sc(NC(=O)c3cc4ccccc4c(=O)o3)c2C#N)C1. The minimum absolute atomic E-state index is 0.0552. The molecule has 0 saturated carbocycles. The lowest BCUT2D eigenvalue weighted by Gasteiger charge is -2.20. The summed E-state index contributed by atoms with van der Waals surface area (Å²) in [5.74, 6) is 0.0603. The van der Waals surface area contributed by atoms with Crippen molar-refractivity contribution in [3.8, 4) is 6.07 Å². The van der Waals surface area contributed by atoms with E-state index < -0.39 is 11.5 Å². The van der Waals surface area contributed by atoms with Gasteiger partial charge in [0.15, 0.2) is 5.76 Å². The van der Waals surface area contributed by atoms with Crippen LogP contribution in [0.5, 0.6) is 0 Å². The van der Waals surface area contributed by atoms with E-state index in [1.54, 1.807) is 30.3 Å². The number of thiophene rings is 1. The van der Waals surface area contributed by atoms with Crippen molar-refractivity contribution in [2.75, 3.05) is 5.32 Å². The molecule has 0 saturated heterocycles. The van der Waals surface area contributed by atoms with Crippen molar-refractivity contribution in [3.05, 3.63) is 62.5 Å². The lowest BCUT2D eigenvalue weighted by molar-refractivity contribution is 0.0993. The molecule has 0 radical (unpaired) electrons. The third kappa shape index (κ3) is 3.15. The molecule has 1 aromatic carbocycles. The number of amides is 1. The van der Waals surface area contributed by atoms with Gasteiger partial charge in [-0.25, -0.2) is 4.79 Å². The van der Waals surface area contributed by atoms with E-state index in [-0.39, 0.29) is 5.76 Å². The van der Waals surface area contributed by atoms with Gasteiger partial charge in [-0.1, -0.05) is 31.5 Å². The fourth-order valence-electron chi connectivity index (χ4n) is 3.62. The average molecular weight is 378 g/mol. The van der Waals surface area contributed by atoms with Crippen molar-refractivity contribution >= 4 is 33.0 Å². The molecule has 2 heterocycles. The monoisotopic (exact) mass is 378 g/mol. The molecule has 0 unspecified atom stereocenters. The first-order chi connectivity index (χ1) is 13.1. The highest BCUT2D eigenvalue weighted by Gasteiger charge is 2.26. The second kappa shape index (κ2) is 7.01. The summed E-state index contributed by atoms with van der Waals surface area (Å²) in [6, 6.07) is 10.8. The van der Waals surface area contributed by atoms with Crippen molar-refractivity contribution in [1.82, 2.24) is 0 Å². The predicted molar refractivity (Wildman–Crippen MR) is 105 cm³/mol. The summed E-state index contributed by atoms with van der Waals surface area (Å²) < 4.78 is 5.19. The Bertz CT molecular complexity index is 1140. The first-order valence-corrected chi connectivity index (χ1v) is 9.81. The number of fused-ring (bicyclic) bond motifs is 2. The number of nitriles is 1. The fourth-order valence-corrected chi connectivity index (χ4v) is 4.93. The van der Waals surface area contributed by atoms with Gasteiger partial charge in [0.25, 0.3) is 5.91 Å². The van der Waals surface area contributed by atoms with E-state index >= 15 is 0 Å². The van der Waals surface area contributed by atoms with E-state index in [1.807, 2.05) is 0 Å². The van der Waals surface area contributed by atoms with Gasteiger partial charge in [-0.15, -0.1) is 11.3 Å². The number of hydrogen-bond acceptors (Lipinski definition) is 5. The van der Waals surface area contributed by atoms with Crippen LogP contribution in [-0.2, 0) is 12.8 Å². The van der Waals surface area contributed by atoms with Gasteiger partial charge in [0, 0.05) is 4.88 Å². The van der Waals surface area contributed by atoms with Gasteiger partial charge in [0.05, 0.1) is 10.9 Å². The van der Waals surface area contributed by atoms with Gasteiger partial charge in [-0.3, -0.25) is 4.79 Å². The molecule has 136 valence electrons. The maximum Gasteiger partial charge on any atom is 0.344 e. The van der Waals surface area contributed by atoms with E-state index in [2.05, 4.69) is 18.3 Å². The van der Waals surface area contributed by atoms with Crippen molar-refractivity contribution in [2.45, 2.75) is 32.6 Å². The molecule has 4 rings (SSSR count). The van der Waals surface area contributed by atoms with Crippen LogP contribution >= 0.6 is 11.3 Å². The Kier molecular flexibility index (Phi) is 4.54. The highest BCUT2D eigenvalue weighted by Crippen LogP contribution is 2.40. The minimum atomic E-state index is -0.546. The van der Waals surface area contributed by atoms with Gasteiger partial charge in [0.2, 0.25) is 0 Å². The standard InChI is InChI=1S/C21H18N2O3S/c1-2-12-7-8-15-16(11-22)20(27-18(15)9-12)23-19(24)17-10-13-5-3-4-6-14(13)21(25)26-17/h3-6,10,12H,2,7-9H2,1H3,(H,23,24)/t12-/m1/s1. The van der Waals surface area contributed by atoms with Crippen molar-refractivity contribution in [2.24, 2.45) is 5.92 Å². The zero-order chi connectivity index (χ0) is 19.0. The zero-order valence-corrected chi connectivity index (χ0v) is 15.7. The maximum atomic E-state index is 12.7. The number of rotatable bonds is 3. The smallest absolute Gasteiger partial charge is 0.344 e. The van der Waals surface area contributed by atoms with Gasteiger partial charge in [0.1, 0.15) is 11.1 Å². The molecule has 27 heavy (non-hydrogen) atoms. The number of carbonyl (C=O) groups is 1. The summed E-state index contributed by atoms with van der Waals surface area (Å²) in [7, 11) is 0. The van der Waals surface area contributed by atoms with Gasteiger partial charge < -0.3 is 9.73 Å². The number of anilines is 1. The molecule has 0 aliphatic heterocycles. The Hall–Kier alpha value is -2.91. The van der Waals surface area contributed by atoms with Crippen molar-refractivity contribution < 1.29 is 9.21 Å². The third-order valence-corrected chi connectivity index (χ3v) is 6.35. The molecule has 6 heteroatoms. The predicted octanol–water partition coefficient (Wildman–Crippen LogP) is 4.49. The minimum Gasteiger partial charge on any atom is -0.417 e. The van der Waals surface area contributed by atoms with Crippen LogP contribution in [-0.4, -0.2) is 5.91 Å². The zero-order valence-electron chi connectivity index (χ0n) is 14.9. The lowest BCUT2D eigenvalue weighted by Crippen LogP contribution is -2.15. The molecule has 1 N–H and O–H groups in total. The molecule has 2 aromatic heterocycles. The van der Waals surface area contributed by atoms with Crippen LogP contribution in [0.4, 0.5) is 5.00 Å². The molecule has 0 fully saturated rings. The topological polar surface area (TPSA) is 83.1 Å². The van der Waals surface area contributed by atoms with Crippen LogP contribution in [0, 0.1) is 17.2 Å². The van der Waals surface area contributed by atoms with Gasteiger partial charge >= 0.3 is 5.63 Å². The summed E-state index contributed by atoms with van der Waals surface area (Å²) >= 11 is 1.46. The number of nitrogens with zero attached hydrogens (tertiary/aromatic N) is 1. The highest BCUT2D eigenvalue weighted by molar-refractivity contribution is 7.16. The molecule has 1 aliphatic rings. The summed E-state index contributed by atoms with van der Waals surface area (Å²) in [6.45, 7) is 2.18. The van der Waals surface area contributed by atoms with E-state index in [9.17, 15) is 14.9 Å². The summed E-state index contributed by atoms with van der Waals surface area (Å²) in [5.41, 5.74) is 1.05. The number of carbonyl (C=O) groups excluding carboxylic acids is 1. The average Bonchev–Trinajstić information content (AvgIpc) is 3.03.